The number of rotatable bonds is 4. The minimum Gasteiger partial charge on any atom is -0.493 e. The van der Waals surface area contributed by atoms with Crippen molar-refractivity contribution in [1.82, 2.24) is 10.3 Å². The van der Waals surface area contributed by atoms with Crippen LogP contribution in [0.5, 0.6) is 5.75 Å². The van der Waals surface area contributed by atoms with Gasteiger partial charge in [0.25, 0.3) is 0 Å². The number of nitrogens with one attached hydrogen (secondary N) is 1. The standard InChI is InChI=1S/C10H16N2O/c1-4-13-10-5-8(2)12-7-9(10)6-11-3/h5,7,11H,4,6H2,1-3H3. The number of pyridine rings is 1. The fourth-order valence-corrected chi connectivity index (χ4v) is 1.18. The molecular formula is C10H16N2O. The number of hydrogen-bond donors (Lipinski definition) is 1. The largest absolute Gasteiger partial charge is 0.493 e. The molecule has 0 unspecified atom stereocenters. The van der Waals surface area contributed by atoms with Crippen LogP contribution < -0.4 is 10.1 Å². The minimum atomic E-state index is 0.695. The molecule has 3 heteroatoms. The van der Waals surface area contributed by atoms with Crippen molar-refractivity contribution < 1.29 is 4.74 Å². The van der Waals surface area contributed by atoms with Crippen molar-refractivity contribution in [3.8, 4) is 5.75 Å². The summed E-state index contributed by atoms with van der Waals surface area (Å²) < 4.78 is 5.49. The van der Waals surface area contributed by atoms with Gasteiger partial charge in [0.2, 0.25) is 0 Å². The zero-order valence-corrected chi connectivity index (χ0v) is 8.42. The van der Waals surface area contributed by atoms with Crippen LogP contribution in [0.25, 0.3) is 0 Å². The van der Waals surface area contributed by atoms with Crippen LogP contribution in [0.1, 0.15) is 18.2 Å². The lowest BCUT2D eigenvalue weighted by atomic mass is 10.2. The Hall–Kier alpha value is -1.09. The van der Waals surface area contributed by atoms with E-state index in [2.05, 4.69) is 10.3 Å². The van der Waals surface area contributed by atoms with Crippen LogP contribution >= 0.6 is 0 Å². The van der Waals surface area contributed by atoms with Gasteiger partial charge in [-0.05, 0) is 20.9 Å². The van der Waals surface area contributed by atoms with Gasteiger partial charge in [0.1, 0.15) is 5.75 Å². The van der Waals surface area contributed by atoms with Crippen molar-refractivity contribution >= 4 is 0 Å². The van der Waals surface area contributed by atoms with Gasteiger partial charge in [-0.2, -0.15) is 0 Å². The van der Waals surface area contributed by atoms with Crippen molar-refractivity contribution in [2.24, 2.45) is 0 Å². The smallest absolute Gasteiger partial charge is 0.127 e. The Morgan fingerprint density at radius 2 is 2.31 bits per heavy atom. The first-order valence-electron chi connectivity index (χ1n) is 4.50. The Morgan fingerprint density at radius 3 is 2.92 bits per heavy atom. The Morgan fingerprint density at radius 1 is 1.54 bits per heavy atom. The summed E-state index contributed by atoms with van der Waals surface area (Å²) in [6.45, 7) is 5.44. The van der Waals surface area contributed by atoms with Gasteiger partial charge in [-0.15, -0.1) is 0 Å². The van der Waals surface area contributed by atoms with E-state index in [-0.39, 0.29) is 0 Å². The molecule has 1 aromatic rings. The molecule has 0 fully saturated rings. The van der Waals surface area contributed by atoms with E-state index in [9.17, 15) is 0 Å². The zero-order valence-electron chi connectivity index (χ0n) is 8.42. The summed E-state index contributed by atoms with van der Waals surface area (Å²) in [5, 5.41) is 3.08. The lowest BCUT2D eigenvalue weighted by Gasteiger charge is -2.09. The van der Waals surface area contributed by atoms with Crippen LogP contribution in [-0.2, 0) is 6.54 Å². The maximum Gasteiger partial charge on any atom is 0.127 e. The summed E-state index contributed by atoms with van der Waals surface area (Å²) >= 11 is 0. The molecule has 0 aromatic carbocycles. The van der Waals surface area contributed by atoms with Crippen LogP contribution in [0.15, 0.2) is 12.3 Å². The van der Waals surface area contributed by atoms with E-state index < -0.39 is 0 Å². The van der Waals surface area contributed by atoms with Gasteiger partial charge < -0.3 is 10.1 Å². The third kappa shape index (κ3) is 2.70. The van der Waals surface area contributed by atoms with Crippen molar-refractivity contribution in [2.45, 2.75) is 20.4 Å². The van der Waals surface area contributed by atoms with Crippen molar-refractivity contribution in [2.75, 3.05) is 13.7 Å². The summed E-state index contributed by atoms with van der Waals surface area (Å²) in [6.07, 6.45) is 1.86. The maximum absolute atomic E-state index is 5.49. The average Bonchev–Trinajstić information content (AvgIpc) is 2.10. The van der Waals surface area contributed by atoms with Gasteiger partial charge in [0, 0.05) is 30.1 Å². The molecule has 0 atom stereocenters. The Kier molecular flexibility index (Phi) is 3.71. The molecule has 72 valence electrons. The highest BCUT2D eigenvalue weighted by Gasteiger charge is 2.02. The molecular weight excluding hydrogens is 164 g/mol. The normalized spacial score (nSPS) is 10.1. The third-order valence-corrected chi connectivity index (χ3v) is 1.75. The van der Waals surface area contributed by atoms with E-state index in [0.717, 1.165) is 23.6 Å². The molecule has 1 rings (SSSR count). The Labute approximate surface area is 79.1 Å². The predicted molar refractivity (Wildman–Crippen MR) is 52.9 cm³/mol. The molecule has 0 aliphatic heterocycles. The Bertz CT molecular complexity index is 274. The molecule has 0 saturated carbocycles. The van der Waals surface area contributed by atoms with Crippen LogP contribution in [0.2, 0.25) is 0 Å². The lowest BCUT2D eigenvalue weighted by molar-refractivity contribution is 0.335. The summed E-state index contributed by atoms with van der Waals surface area (Å²) in [5.41, 5.74) is 2.10. The van der Waals surface area contributed by atoms with E-state index in [4.69, 9.17) is 4.74 Å². The molecule has 0 aliphatic rings. The predicted octanol–water partition coefficient (Wildman–Crippen LogP) is 1.51. The van der Waals surface area contributed by atoms with Gasteiger partial charge in [-0.25, -0.2) is 0 Å². The highest BCUT2D eigenvalue weighted by Crippen LogP contribution is 2.18. The van der Waals surface area contributed by atoms with E-state index in [1.807, 2.05) is 33.2 Å². The second kappa shape index (κ2) is 4.82. The fourth-order valence-electron chi connectivity index (χ4n) is 1.18. The summed E-state index contributed by atoms with van der Waals surface area (Å²) in [7, 11) is 1.91. The quantitative estimate of drug-likeness (QED) is 0.762. The number of nitrogens with zero attached hydrogens (tertiary/aromatic N) is 1. The van der Waals surface area contributed by atoms with Crippen molar-refractivity contribution in [3.63, 3.8) is 0 Å². The average molecular weight is 180 g/mol. The SMILES string of the molecule is CCOc1cc(C)ncc1CNC. The van der Waals surface area contributed by atoms with Crippen LogP contribution in [0.3, 0.4) is 0 Å². The molecule has 3 nitrogen and oxygen atoms in total. The van der Waals surface area contributed by atoms with Gasteiger partial charge in [-0.1, -0.05) is 0 Å². The number of aromatic nitrogens is 1. The molecule has 1 N–H and O–H groups in total. The number of ether oxygens (including phenoxy) is 1. The zero-order chi connectivity index (χ0) is 9.68. The third-order valence-electron chi connectivity index (χ3n) is 1.75. The molecule has 0 saturated heterocycles. The molecule has 0 radical (unpaired) electrons. The van der Waals surface area contributed by atoms with E-state index in [1.54, 1.807) is 0 Å². The summed E-state index contributed by atoms with van der Waals surface area (Å²) in [5.74, 6) is 0.935. The lowest BCUT2D eigenvalue weighted by Crippen LogP contribution is -2.08. The summed E-state index contributed by atoms with van der Waals surface area (Å²) in [6, 6.07) is 1.97. The van der Waals surface area contributed by atoms with Crippen LogP contribution in [-0.4, -0.2) is 18.6 Å². The maximum atomic E-state index is 5.49. The number of aryl methyl sites for hydroxylation is 1. The molecule has 0 spiro atoms. The molecule has 0 bridgehead atoms. The van der Waals surface area contributed by atoms with E-state index in [0.29, 0.717) is 6.61 Å². The first kappa shape index (κ1) is 9.99. The highest BCUT2D eigenvalue weighted by molar-refractivity contribution is 5.32. The first-order chi connectivity index (χ1) is 6.27. The van der Waals surface area contributed by atoms with Crippen LogP contribution in [0, 0.1) is 6.92 Å². The molecule has 0 amide bonds. The van der Waals surface area contributed by atoms with Crippen LogP contribution in [0.4, 0.5) is 0 Å². The van der Waals surface area contributed by atoms with E-state index >= 15 is 0 Å². The number of hydrogen-bond acceptors (Lipinski definition) is 3. The van der Waals surface area contributed by atoms with E-state index in [1.165, 1.54) is 0 Å². The monoisotopic (exact) mass is 180 g/mol. The summed E-state index contributed by atoms with van der Waals surface area (Å²) in [4.78, 5) is 4.22. The topological polar surface area (TPSA) is 34.1 Å². The second-order valence-corrected chi connectivity index (χ2v) is 2.90. The minimum absolute atomic E-state index is 0.695. The highest BCUT2D eigenvalue weighted by atomic mass is 16.5. The Balaban J connectivity index is 2.89. The van der Waals surface area contributed by atoms with Gasteiger partial charge in [0.05, 0.1) is 6.61 Å². The molecule has 1 aromatic heterocycles. The van der Waals surface area contributed by atoms with Gasteiger partial charge in [0.15, 0.2) is 0 Å². The second-order valence-electron chi connectivity index (χ2n) is 2.90. The molecule has 1 heterocycles. The molecule has 0 aliphatic carbocycles. The van der Waals surface area contributed by atoms with Crippen molar-refractivity contribution in [1.29, 1.82) is 0 Å². The van der Waals surface area contributed by atoms with Gasteiger partial charge >= 0.3 is 0 Å². The first-order valence-corrected chi connectivity index (χ1v) is 4.50. The van der Waals surface area contributed by atoms with Gasteiger partial charge in [-0.3, -0.25) is 4.98 Å². The van der Waals surface area contributed by atoms with Crippen molar-refractivity contribution in [3.05, 3.63) is 23.5 Å². The fraction of sp³-hybridized carbons (Fsp3) is 0.500. The molecule has 13 heavy (non-hydrogen) atoms.